The van der Waals surface area contributed by atoms with Gasteiger partial charge in [0, 0.05) is 57.4 Å². The number of piperazine rings is 1. The van der Waals surface area contributed by atoms with Crippen molar-refractivity contribution >= 4 is 17.6 Å². The summed E-state index contributed by atoms with van der Waals surface area (Å²) in [4.78, 5) is 32.9. The molecule has 37 heavy (non-hydrogen) atoms. The molecule has 1 N–H and O–H groups in total. The zero-order valence-corrected chi connectivity index (χ0v) is 23.2. The van der Waals surface area contributed by atoms with Crippen LogP contribution in [-0.2, 0) is 4.79 Å². The zero-order valence-electron chi connectivity index (χ0n) is 23.2. The highest BCUT2D eigenvalue weighted by atomic mass is 16.2. The minimum Gasteiger partial charge on any atom is -0.337 e. The summed E-state index contributed by atoms with van der Waals surface area (Å²) in [5.41, 5.74) is 3.92. The lowest BCUT2D eigenvalue weighted by Crippen LogP contribution is -2.53. The molecule has 2 unspecified atom stereocenters. The summed E-state index contributed by atoms with van der Waals surface area (Å²) < 4.78 is 0. The molecule has 0 radical (unpaired) electrons. The largest absolute Gasteiger partial charge is 0.337 e. The van der Waals surface area contributed by atoms with Crippen LogP contribution in [0.1, 0.15) is 64.4 Å². The van der Waals surface area contributed by atoms with Crippen LogP contribution in [0.3, 0.4) is 0 Å². The van der Waals surface area contributed by atoms with Gasteiger partial charge in [-0.05, 0) is 62.0 Å². The van der Waals surface area contributed by atoms with Crippen molar-refractivity contribution in [3.05, 3.63) is 41.5 Å². The fourth-order valence-corrected chi connectivity index (χ4v) is 7.03. The Hall–Kier alpha value is -2.34. The number of hydrogen-bond donors (Lipinski definition) is 1. The second-order valence-electron chi connectivity index (χ2n) is 12.5. The molecule has 1 aliphatic heterocycles. The van der Waals surface area contributed by atoms with Gasteiger partial charge in [-0.1, -0.05) is 62.5 Å². The predicted molar refractivity (Wildman–Crippen MR) is 149 cm³/mol. The van der Waals surface area contributed by atoms with Crippen molar-refractivity contribution < 1.29 is 9.59 Å². The van der Waals surface area contributed by atoms with Gasteiger partial charge < -0.3 is 15.1 Å². The first kappa shape index (κ1) is 26.3. The van der Waals surface area contributed by atoms with Gasteiger partial charge in [-0.3, -0.25) is 9.69 Å². The van der Waals surface area contributed by atoms with Crippen molar-refractivity contribution in [2.75, 3.05) is 51.1 Å². The molecule has 202 valence electrons. The second-order valence-corrected chi connectivity index (χ2v) is 12.5. The molecule has 3 amide bonds. The molecule has 1 heterocycles. The number of rotatable bonds is 7. The average Bonchev–Trinajstić information content (AvgIpc) is 2.92. The molecule has 3 fully saturated rings. The molecule has 5 aliphatic rings. The van der Waals surface area contributed by atoms with Crippen LogP contribution in [0.2, 0.25) is 0 Å². The first-order valence-corrected chi connectivity index (χ1v) is 14.6. The Labute approximate surface area is 223 Å². The van der Waals surface area contributed by atoms with Crippen LogP contribution in [-0.4, -0.2) is 72.5 Å². The third-order valence-corrected chi connectivity index (χ3v) is 9.87. The lowest BCUT2D eigenvalue weighted by atomic mass is 9.49. The lowest BCUT2D eigenvalue weighted by Gasteiger charge is -2.57. The monoisotopic (exact) mass is 506 g/mol. The number of carbonyl (C=O) groups excluding carboxylic acids is 2. The van der Waals surface area contributed by atoms with Crippen molar-refractivity contribution in [2.24, 2.45) is 23.2 Å². The third-order valence-electron chi connectivity index (χ3n) is 9.87. The number of amides is 3. The van der Waals surface area contributed by atoms with Crippen molar-refractivity contribution in [2.45, 2.75) is 65.7 Å². The highest BCUT2D eigenvalue weighted by Gasteiger charge is 2.51. The molecule has 2 atom stereocenters. The SMILES string of the molecule is Cc1ccc(NC(=O)N2CCN(CCN(CC3=CCC4CC3C4(C)C)C(=O)C3CCCCC3)CC2)cc1. The number of allylic oxidation sites excluding steroid dienone is 1. The second kappa shape index (κ2) is 11.2. The molecule has 6 nitrogen and oxygen atoms in total. The van der Waals surface area contributed by atoms with Crippen LogP contribution in [0.25, 0.3) is 0 Å². The average molecular weight is 507 g/mol. The summed E-state index contributed by atoms with van der Waals surface area (Å²) in [6.45, 7) is 12.5. The minimum absolute atomic E-state index is 0.0248. The first-order valence-electron chi connectivity index (χ1n) is 14.6. The van der Waals surface area contributed by atoms with Gasteiger partial charge in [-0.2, -0.15) is 0 Å². The molecular weight excluding hydrogens is 460 g/mol. The van der Waals surface area contributed by atoms with E-state index in [0.29, 0.717) is 17.2 Å². The van der Waals surface area contributed by atoms with Gasteiger partial charge >= 0.3 is 6.03 Å². The number of nitrogens with one attached hydrogen (secondary N) is 1. The van der Waals surface area contributed by atoms with Gasteiger partial charge in [-0.15, -0.1) is 0 Å². The summed E-state index contributed by atoms with van der Waals surface area (Å²) >= 11 is 0. The first-order chi connectivity index (χ1) is 17.8. The summed E-state index contributed by atoms with van der Waals surface area (Å²) in [5.74, 6) is 2.06. The van der Waals surface area contributed by atoms with Gasteiger partial charge in [-0.25, -0.2) is 4.79 Å². The van der Waals surface area contributed by atoms with Gasteiger partial charge in [0.15, 0.2) is 0 Å². The number of aryl methyl sites for hydroxylation is 1. The predicted octanol–water partition coefficient (Wildman–Crippen LogP) is 5.55. The zero-order chi connectivity index (χ0) is 26.0. The fourth-order valence-electron chi connectivity index (χ4n) is 7.03. The highest BCUT2D eigenvalue weighted by molar-refractivity contribution is 5.89. The minimum atomic E-state index is -0.0248. The van der Waals surface area contributed by atoms with Crippen molar-refractivity contribution in [3.8, 4) is 0 Å². The Morgan fingerprint density at radius 3 is 2.38 bits per heavy atom. The fraction of sp³-hybridized carbons (Fsp3) is 0.677. The molecule has 2 bridgehead atoms. The number of fused-ring (bicyclic) bond motifs is 1. The number of hydrogen-bond acceptors (Lipinski definition) is 3. The highest BCUT2D eigenvalue weighted by Crippen LogP contribution is 2.59. The lowest BCUT2D eigenvalue weighted by molar-refractivity contribution is -0.136. The quantitative estimate of drug-likeness (QED) is 0.494. The van der Waals surface area contributed by atoms with E-state index >= 15 is 0 Å². The normalized spacial score (nSPS) is 25.7. The van der Waals surface area contributed by atoms with Crippen LogP contribution in [0.15, 0.2) is 35.9 Å². The standard InChI is InChI=1S/C31H46N4O2/c1-23-9-13-27(14-10-23)32-30(37)34-18-15-33(16-19-34)17-20-35(29(36)24-7-5-4-6-8-24)22-25-11-12-26-21-28(25)31(26,2)3/h9-11,13-14,24,26,28H,4-8,12,15-22H2,1-3H3,(H,32,37). The summed E-state index contributed by atoms with van der Waals surface area (Å²) in [5, 5.41) is 3.02. The third kappa shape index (κ3) is 5.89. The van der Waals surface area contributed by atoms with Gasteiger partial charge in [0.05, 0.1) is 0 Å². The van der Waals surface area contributed by atoms with Gasteiger partial charge in [0.25, 0.3) is 0 Å². The molecular formula is C31H46N4O2. The Morgan fingerprint density at radius 2 is 1.73 bits per heavy atom. The maximum absolute atomic E-state index is 13.7. The van der Waals surface area contributed by atoms with E-state index in [1.54, 1.807) is 0 Å². The van der Waals surface area contributed by atoms with Crippen molar-refractivity contribution in [1.82, 2.24) is 14.7 Å². The Morgan fingerprint density at radius 1 is 1.03 bits per heavy atom. The van der Waals surface area contributed by atoms with E-state index in [1.165, 1.54) is 43.2 Å². The molecule has 4 aliphatic carbocycles. The Kier molecular flexibility index (Phi) is 7.94. The van der Waals surface area contributed by atoms with Crippen LogP contribution < -0.4 is 5.32 Å². The number of anilines is 1. The van der Waals surface area contributed by atoms with E-state index in [-0.39, 0.29) is 11.9 Å². The Bertz CT molecular complexity index is 987. The summed E-state index contributed by atoms with van der Waals surface area (Å²) in [6.07, 6.45) is 10.7. The van der Waals surface area contributed by atoms with E-state index < -0.39 is 0 Å². The molecule has 0 aromatic heterocycles. The number of carbonyl (C=O) groups is 2. The maximum atomic E-state index is 13.7. The Balaban J connectivity index is 1.15. The summed E-state index contributed by atoms with van der Waals surface area (Å²) in [6, 6.07) is 7.91. The van der Waals surface area contributed by atoms with Gasteiger partial charge in [0.2, 0.25) is 5.91 Å². The maximum Gasteiger partial charge on any atom is 0.321 e. The molecule has 0 spiro atoms. The number of urea groups is 1. The molecule has 1 aromatic carbocycles. The summed E-state index contributed by atoms with van der Waals surface area (Å²) in [7, 11) is 0. The van der Waals surface area contributed by atoms with Crippen LogP contribution >= 0.6 is 0 Å². The van der Waals surface area contributed by atoms with Crippen molar-refractivity contribution in [1.29, 1.82) is 0 Å². The smallest absolute Gasteiger partial charge is 0.321 e. The topological polar surface area (TPSA) is 55.9 Å². The molecule has 1 aromatic rings. The van der Waals surface area contributed by atoms with Crippen LogP contribution in [0, 0.1) is 30.1 Å². The van der Waals surface area contributed by atoms with Crippen LogP contribution in [0.4, 0.5) is 10.5 Å². The van der Waals surface area contributed by atoms with Crippen LogP contribution in [0.5, 0.6) is 0 Å². The van der Waals surface area contributed by atoms with Gasteiger partial charge in [0.1, 0.15) is 0 Å². The molecule has 2 saturated carbocycles. The molecule has 6 rings (SSSR count). The molecule has 1 saturated heterocycles. The van der Waals surface area contributed by atoms with E-state index in [9.17, 15) is 9.59 Å². The molecule has 6 heteroatoms. The number of benzene rings is 1. The van der Waals surface area contributed by atoms with E-state index in [2.05, 4.69) is 35.0 Å². The van der Waals surface area contributed by atoms with E-state index in [0.717, 1.165) is 70.3 Å². The van der Waals surface area contributed by atoms with Crippen molar-refractivity contribution in [3.63, 3.8) is 0 Å². The van der Waals surface area contributed by atoms with E-state index in [1.807, 2.05) is 36.1 Å². The van der Waals surface area contributed by atoms with E-state index in [4.69, 9.17) is 0 Å². The number of nitrogens with zero attached hydrogens (tertiary/aromatic N) is 3.